The van der Waals surface area contributed by atoms with Gasteiger partial charge in [-0.1, -0.05) is 121 Å². The van der Waals surface area contributed by atoms with E-state index in [2.05, 4.69) is 164 Å². The summed E-state index contributed by atoms with van der Waals surface area (Å²) >= 11 is 0. The first-order valence-electron chi connectivity index (χ1n) is 16.2. The van der Waals surface area contributed by atoms with Crippen molar-refractivity contribution in [2.75, 3.05) is 18.4 Å². The van der Waals surface area contributed by atoms with Gasteiger partial charge in [-0.05, 0) is 84.3 Å². The Bertz CT molecular complexity index is 1510. The molecule has 0 bridgehead atoms. The minimum absolute atomic E-state index is 0.0686. The Morgan fingerprint density at radius 1 is 1.00 bits per heavy atom. The van der Waals surface area contributed by atoms with Crippen LogP contribution in [0.3, 0.4) is 0 Å². The van der Waals surface area contributed by atoms with E-state index in [1.54, 1.807) is 0 Å². The van der Waals surface area contributed by atoms with Gasteiger partial charge in [0.2, 0.25) is 0 Å². The summed E-state index contributed by atoms with van der Waals surface area (Å²) in [4.78, 5) is 0. The Balaban J connectivity index is 2.03. The van der Waals surface area contributed by atoms with Crippen molar-refractivity contribution in [2.45, 2.75) is 79.6 Å². The Hall–Kier alpha value is -3.92. The van der Waals surface area contributed by atoms with E-state index in [0.717, 1.165) is 41.7 Å². The highest BCUT2D eigenvalue weighted by Crippen LogP contribution is 2.27. The van der Waals surface area contributed by atoms with Crippen molar-refractivity contribution >= 4 is 29.0 Å². The molecule has 0 radical (unpaired) electrons. The van der Waals surface area contributed by atoms with Crippen LogP contribution in [-0.4, -0.2) is 19.8 Å². The molecule has 2 N–H and O–H groups in total. The molecule has 0 saturated carbocycles. The first-order valence-corrected chi connectivity index (χ1v) is 16.2. The van der Waals surface area contributed by atoms with Gasteiger partial charge in [-0.2, -0.15) is 0 Å². The molecule has 232 valence electrons. The van der Waals surface area contributed by atoms with E-state index in [4.69, 9.17) is 4.42 Å². The second-order valence-corrected chi connectivity index (χ2v) is 12.7. The minimum Gasteiger partial charge on any atom is -0.470 e. The molecule has 1 aromatic heterocycles. The molecule has 0 aliphatic heterocycles. The van der Waals surface area contributed by atoms with Crippen LogP contribution in [0.5, 0.6) is 0 Å². The SMILES string of the molecule is C=C/C(=C\C=C\B(/C(=C\NC/C=C\C(=C/C)CC)CNc1ccc(C(C)C)cc1)c1cc2cc(C(C)(C)C)ccc2o1)CC. The second-order valence-electron chi connectivity index (χ2n) is 12.7. The van der Waals surface area contributed by atoms with Crippen molar-refractivity contribution in [3.05, 3.63) is 131 Å². The standard InChI is InChI=1S/C40H53BN2O/c1-10-31(11-2)16-14-24-41(39-27-34-26-35(40(7,8)9)20-23-38(34)44-39)36(28-42-25-15-17-32(12-3)13-4)29-43-37-21-18-33(19-22-37)30(5)6/h10,12,14-24,26-28,30,42-43H,1,11,13,25,29H2,2-9H3/b17-15-,24-14+,31-16+,32-12-,36-28-. The van der Waals surface area contributed by atoms with E-state index in [0.29, 0.717) is 12.5 Å². The van der Waals surface area contributed by atoms with Gasteiger partial charge < -0.3 is 15.1 Å². The summed E-state index contributed by atoms with van der Waals surface area (Å²) < 4.78 is 6.56. The van der Waals surface area contributed by atoms with Gasteiger partial charge in [0.15, 0.2) is 0 Å². The summed E-state index contributed by atoms with van der Waals surface area (Å²) in [7, 11) is 0. The molecule has 3 aromatic rings. The lowest BCUT2D eigenvalue weighted by molar-refractivity contribution is 0.590. The first kappa shape index (κ1) is 34.6. The number of furan rings is 1. The van der Waals surface area contributed by atoms with Crippen LogP contribution in [0.4, 0.5) is 5.69 Å². The third-order valence-corrected chi connectivity index (χ3v) is 8.10. The third-order valence-electron chi connectivity index (χ3n) is 8.10. The molecule has 0 aliphatic carbocycles. The maximum Gasteiger partial charge on any atom is 0.279 e. The monoisotopic (exact) mass is 588 g/mol. The average Bonchev–Trinajstić information content (AvgIpc) is 3.44. The topological polar surface area (TPSA) is 37.2 Å². The molecular weight excluding hydrogens is 535 g/mol. The molecule has 1 heterocycles. The van der Waals surface area contributed by atoms with Crippen LogP contribution in [0.1, 0.15) is 85.3 Å². The van der Waals surface area contributed by atoms with Crippen molar-refractivity contribution in [2.24, 2.45) is 0 Å². The number of hydrogen-bond acceptors (Lipinski definition) is 3. The molecule has 3 rings (SSSR count). The molecule has 0 unspecified atom stereocenters. The van der Waals surface area contributed by atoms with Gasteiger partial charge in [0.1, 0.15) is 5.58 Å². The van der Waals surface area contributed by atoms with Crippen molar-refractivity contribution in [3.8, 4) is 0 Å². The highest BCUT2D eigenvalue weighted by molar-refractivity contribution is 6.83. The molecule has 4 heteroatoms. The highest BCUT2D eigenvalue weighted by Gasteiger charge is 2.24. The lowest BCUT2D eigenvalue weighted by atomic mass is 9.42. The Morgan fingerprint density at radius 3 is 2.34 bits per heavy atom. The maximum absolute atomic E-state index is 6.56. The normalized spacial score (nSPS) is 13.4. The van der Waals surface area contributed by atoms with E-state index in [9.17, 15) is 0 Å². The summed E-state index contributed by atoms with van der Waals surface area (Å²) in [5, 5.41) is 8.37. The molecule has 44 heavy (non-hydrogen) atoms. The fourth-order valence-electron chi connectivity index (χ4n) is 5.03. The van der Waals surface area contributed by atoms with Crippen LogP contribution < -0.4 is 16.3 Å². The molecule has 0 saturated heterocycles. The van der Waals surface area contributed by atoms with Gasteiger partial charge in [0.25, 0.3) is 6.71 Å². The van der Waals surface area contributed by atoms with Crippen molar-refractivity contribution in [3.63, 3.8) is 0 Å². The number of benzene rings is 2. The predicted molar refractivity (Wildman–Crippen MR) is 196 cm³/mol. The zero-order valence-corrected chi connectivity index (χ0v) is 28.3. The Morgan fingerprint density at radius 2 is 1.73 bits per heavy atom. The quantitative estimate of drug-likeness (QED) is 0.105. The van der Waals surface area contributed by atoms with Crippen LogP contribution in [0, 0.1) is 0 Å². The molecule has 0 amide bonds. The summed E-state index contributed by atoms with van der Waals surface area (Å²) in [6.45, 7) is 22.9. The van der Waals surface area contributed by atoms with Crippen molar-refractivity contribution < 1.29 is 4.42 Å². The van der Waals surface area contributed by atoms with Crippen LogP contribution in [0.15, 0.2) is 125 Å². The van der Waals surface area contributed by atoms with E-state index in [1.165, 1.54) is 27.7 Å². The average molecular weight is 589 g/mol. The van der Waals surface area contributed by atoms with Gasteiger partial charge in [-0.25, -0.2) is 0 Å². The van der Waals surface area contributed by atoms with Crippen molar-refractivity contribution in [1.29, 1.82) is 0 Å². The first-order chi connectivity index (χ1) is 21.1. The fourth-order valence-corrected chi connectivity index (χ4v) is 5.03. The highest BCUT2D eigenvalue weighted by atomic mass is 16.3. The Kier molecular flexibility index (Phi) is 13.2. The molecule has 3 nitrogen and oxygen atoms in total. The zero-order valence-electron chi connectivity index (χ0n) is 28.3. The predicted octanol–water partition coefficient (Wildman–Crippen LogP) is 10.2. The van der Waals surface area contributed by atoms with Crippen LogP contribution in [-0.2, 0) is 5.41 Å². The van der Waals surface area contributed by atoms with Crippen LogP contribution in [0.2, 0.25) is 0 Å². The van der Waals surface area contributed by atoms with E-state index >= 15 is 0 Å². The summed E-state index contributed by atoms with van der Waals surface area (Å²) in [6.07, 6.45) is 16.9. The van der Waals surface area contributed by atoms with E-state index < -0.39 is 0 Å². The zero-order chi connectivity index (χ0) is 32.1. The Labute approximate surface area is 267 Å². The molecular formula is C40H53BN2O. The van der Waals surface area contributed by atoms with Gasteiger partial charge in [-0.3, -0.25) is 0 Å². The summed E-state index contributed by atoms with van der Waals surface area (Å²) in [5.41, 5.74) is 9.36. The van der Waals surface area contributed by atoms with Crippen LogP contribution >= 0.6 is 0 Å². The molecule has 0 atom stereocenters. The smallest absolute Gasteiger partial charge is 0.279 e. The summed E-state index contributed by atoms with van der Waals surface area (Å²) in [5.74, 6) is 2.74. The number of rotatable bonds is 15. The van der Waals surface area contributed by atoms with Gasteiger partial charge in [-0.15, -0.1) is 5.98 Å². The number of allylic oxidation sites excluding steroid dienone is 7. The van der Waals surface area contributed by atoms with E-state index in [1.807, 2.05) is 6.08 Å². The fraction of sp³-hybridized carbons (Fsp3) is 0.350. The number of hydrogen-bond donors (Lipinski definition) is 2. The maximum atomic E-state index is 6.56. The van der Waals surface area contributed by atoms with Gasteiger partial charge in [0.05, 0.1) is 5.66 Å². The largest absolute Gasteiger partial charge is 0.470 e. The van der Waals surface area contributed by atoms with Gasteiger partial charge in [0, 0.05) is 24.2 Å². The summed E-state index contributed by atoms with van der Waals surface area (Å²) in [6, 6.07) is 17.5. The third kappa shape index (κ3) is 10.1. The van der Waals surface area contributed by atoms with Crippen molar-refractivity contribution in [1.82, 2.24) is 5.32 Å². The molecule has 2 aromatic carbocycles. The molecule has 0 spiro atoms. The minimum atomic E-state index is -0.0692. The number of anilines is 1. The number of nitrogens with one attached hydrogen (secondary N) is 2. The molecule has 0 aliphatic rings. The lowest BCUT2D eigenvalue weighted by Gasteiger charge is -2.18. The lowest BCUT2D eigenvalue weighted by Crippen LogP contribution is -2.34. The number of fused-ring (bicyclic) bond motifs is 1. The van der Waals surface area contributed by atoms with Crippen LogP contribution in [0.25, 0.3) is 11.0 Å². The second kappa shape index (κ2) is 16.8. The molecule has 0 fully saturated rings. The van der Waals surface area contributed by atoms with E-state index in [-0.39, 0.29) is 12.1 Å². The van der Waals surface area contributed by atoms with Gasteiger partial charge >= 0.3 is 0 Å².